The molecule has 0 aliphatic carbocycles. The largest absolute Gasteiger partial charge is 0.0758 e. The van der Waals surface area contributed by atoms with E-state index in [9.17, 15) is 0 Å². The van der Waals surface area contributed by atoms with Gasteiger partial charge in [-0.1, -0.05) is 42.8 Å². The van der Waals surface area contributed by atoms with Gasteiger partial charge in [0.1, 0.15) is 0 Å². The van der Waals surface area contributed by atoms with Crippen molar-refractivity contribution in [3.05, 3.63) is 41.0 Å². The highest BCUT2D eigenvalue weighted by Gasteiger charge is 1.94. The summed E-state index contributed by atoms with van der Waals surface area (Å²) in [6.45, 7) is 6.45. The van der Waals surface area contributed by atoms with Crippen LogP contribution in [0.2, 0.25) is 0 Å². The maximum Gasteiger partial charge on any atom is -0.0225 e. The van der Waals surface area contributed by atoms with Crippen molar-refractivity contribution in [1.29, 1.82) is 0 Å². The van der Waals surface area contributed by atoms with Crippen LogP contribution in [0.25, 0.3) is 6.08 Å². The van der Waals surface area contributed by atoms with E-state index < -0.39 is 0 Å². The number of hydrogen-bond acceptors (Lipinski definition) is 0. The van der Waals surface area contributed by atoms with Crippen LogP contribution in [0.4, 0.5) is 0 Å². The smallest absolute Gasteiger partial charge is 0.0225 e. The number of aryl methyl sites for hydroxylation is 1. The lowest BCUT2D eigenvalue weighted by Crippen LogP contribution is -1.84. The minimum atomic E-state index is 1.11. The molecule has 0 heteroatoms. The Morgan fingerprint density at radius 2 is 1.92 bits per heavy atom. The average molecular weight is 160 g/mol. The standard InChI is InChI=1S/C12H16/c1-4-11-7-5-6-8-12(11)9-10(2)3/h5-9H,4H2,1-3H3. The molecule has 64 valence electrons. The molecule has 0 unspecified atom stereocenters. The Morgan fingerprint density at radius 3 is 2.50 bits per heavy atom. The van der Waals surface area contributed by atoms with Gasteiger partial charge in [-0.3, -0.25) is 0 Å². The van der Waals surface area contributed by atoms with Crippen LogP contribution in [0, 0.1) is 0 Å². The Hall–Kier alpha value is -1.04. The molecule has 0 atom stereocenters. The number of rotatable bonds is 2. The summed E-state index contributed by atoms with van der Waals surface area (Å²) in [5, 5.41) is 0. The summed E-state index contributed by atoms with van der Waals surface area (Å²) in [7, 11) is 0. The van der Waals surface area contributed by atoms with E-state index in [4.69, 9.17) is 0 Å². The van der Waals surface area contributed by atoms with E-state index in [-0.39, 0.29) is 0 Å². The number of allylic oxidation sites excluding steroid dienone is 1. The fourth-order valence-corrected chi connectivity index (χ4v) is 1.31. The van der Waals surface area contributed by atoms with Crippen LogP contribution < -0.4 is 0 Å². The van der Waals surface area contributed by atoms with Crippen LogP contribution in [0.3, 0.4) is 0 Å². The molecule has 0 radical (unpaired) electrons. The van der Waals surface area contributed by atoms with Crippen LogP contribution in [0.1, 0.15) is 31.9 Å². The zero-order valence-electron chi connectivity index (χ0n) is 8.09. The molecule has 1 aromatic carbocycles. The van der Waals surface area contributed by atoms with Crippen LogP contribution in [0.15, 0.2) is 29.8 Å². The van der Waals surface area contributed by atoms with Gasteiger partial charge in [-0.2, -0.15) is 0 Å². The second-order valence-corrected chi connectivity index (χ2v) is 3.27. The molecule has 0 spiro atoms. The highest BCUT2D eigenvalue weighted by atomic mass is 14.0. The molecule has 12 heavy (non-hydrogen) atoms. The third kappa shape index (κ3) is 2.23. The summed E-state index contributed by atoms with van der Waals surface area (Å²) < 4.78 is 0. The molecule has 0 N–H and O–H groups in total. The Bertz CT molecular complexity index is 278. The summed E-state index contributed by atoms with van der Waals surface area (Å²) in [5.41, 5.74) is 4.15. The summed E-state index contributed by atoms with van der Waals surface area (Å²) in [6.07, 6.45) is 3.35. The van der Waals surface area contributed by atoms with E-state index >= 15 is 0 Å². The van der Waals surface area contributed by atoms with E-state index in [0.29, 0.717) is 0 Å². The van der Waals surface area contributed by atoms with E-state index in [2.05, 4.69) is 51.1 Å². The fourth-order valence-electron chi connectivity index (χ4n) is 1.31. The van der Waals surface area contributed by atoms with Crippen molar-refractivity contribution < 1.29 is 0 Å². The van der Waals surface area contributed by atoms with Gasteiger partial charge in [-0.25, -0.2) is 0 Å². The minimum Gasteiger partial charge on any atom is -0.0758 e. The van der Waals surface area contributed by atoms with Gasteiger partial charge in [0.15, 0.2) is 0 Å². The zero-order valence-corrected chi connectivity index (χ0v) is 8.09. The quantitative estimate of drug-likeness (QED) is 0.619. The Balaban J connectivity index is 3.05. The van der Waals surface area contributed by atoms with Crippen molar-refractivity contribution in [2.45, 2.75) is 27.2 Å². The third-order valence-electron chi connectivity index (χ3n) is 1.88. The first-order chi connectivity index (χ1) is 5.74. The highest BCUT2D eigenvalue weighted by molar-refractivity contribution is 5.55. The van der Waals surface area contributed by atoms with Crippen LogP contribution >= 0.6 is 0 Å². The molecule has 0 amide bonds. The molecular formula is C12H16. The molecular weight excluding hydrogens is 144 g/mol. The number of hydrogen-bond donors (Lipinski definition) is 0. The Morgan fingerprint density at radius 1 is 1.25 bits per heavy atom. The molecule has 0 saturated carbocycles. The summed E-state index contributed by atoms with van der Waals surface area (Å²) in [4.78, 5) is 0. The maximum absolute atomic E-state index is 2.23. The summed E-state index contributed by atoms with van der Waals surface area (Å²) in [5.74, 6) is 0. The Labute approximate surface area is 74.9 Å². The second-order valence-electron chi connectivity index (χ2n) is 3.27. The maximum atomic E-state index is 2.23. The topological polar surface area (TPSA) is 0 Å². The minimum absolute atomic E-state index is 1.11. The predicted molar refractivity (Wildman–Crippen MR) is 55.1 cm³/mol. The lowest BCUT2D eigenvalue weighted by molar-refractivity contribution is 1.13. The molecule has 0 bridgehead atoms. The molecule has 0 aliphatic rings. The van der Waals surface area contributed by atoms with E-state index in [0.717, 1.165) is 6.42 Å². The summed E-state index contributed by atoms with van der Waals surface area (Å²) >= 11 is 0. The van der Waals surface area contributed by atoms with Crippen molar-refractivity contribution in [2.24, 2.45) is 0 Å². The van der Waals surface area contributed by atoms with Gasteiger partial charge in [-0.15, -0.1) is 0 Å². The molecule has 0 saturated heterocycles. The third-order valence-corrected chi connectivity index (χ3v) is 1.88. The lowest BCUT2D eigenvalue weighted by atomic mass is 10.0. The van der Waals surface area contributed by atoms with Gasteiger partial charge < -0.3 is 0 Å². The molecule has 0 aromatic heterocycles. The van der Waals surface area contributed by atoms with Gasteiger partial charge in [-0.05, 0) is 31.4 Å². The van der Waals surface area contributed by atoms with Crippen LogP contribution in [-0.2, 0) is 6.42 Å². The monoisotopic (exact) mass is 160 g/mol. The first-order valence-corrected chi connectivity index (χ1v) is 4.47. The van der Waals surface area contributed by atoms with Crippen LogP contribution in [0.5, 0.6) is 0 Å². The predicted octanol–water partition coefficient (Wildman–Crippen LogP) is 3.67. The second kappa shape index (κ2) is 4.10. The Kier molecular flexibility index (Phi) is 3.09. The van der Waals surface area contributed by atoms with E-state index in [1.54, 1.807) is 0 Å². The molecule has 0 fully saturated rings. The van der Waals surface area contributed by atoms with Crippen molar-refractivity contribution >= 4 is 6.08 Å². The number of benzene rings is 1. The van der Waals surface area contributed by atoms with E-state index in [1.165, 1.54) is 16.7 Å². The highest BCUT2D eigenvalue weighted by Crippen LogP contribution is 2.12. The van der Waals surface area contributed by atoms with Gasteiger partial charge in [0.25, 0.3) is 0 Å². The summed E-state index contributed by atoms with van der Waals surface area (Å²) in [6, 6.07) is 8.55. The average Bonchev–Trinajstić information content (AvgIpc) is 2.04. The normalized spacial score (nSPS) is 9.58. The SMILES string of the molecule is CCc1ccccc1C=C(C)C. The molecule has 0 heterocycles. The first kappa shape index (κ1) is 9.05. The van der Waals surface area contributed by atoms with Crippen molar-refractivity contribution in [3.63, 3.8) is 0 Å². The lowest BCUT2D eigenvalue weighted by Gasteiger charge is -2.02. The van der Waals surface area contributed by atoms with Gasteiger partial charge in [0.2, 0.25) is 0 Å². The molecule has 1 rings (SSSR count). The van der Waals surface area contributed by atoms with Crippen molar-refractivity contribution in [1.82, 2.24) is 0 Å². The fraction of sp³-hybridized carbons (Fsp3) is 0.333. The van der Waals surface area contributed by atoms with Gasteiger partial charge in [0.05, 0.1) is 0 Å². The van der Waals surface area contributed by atoms with E-state index in [1.807, 2.05) is 0 Å². The van der Waals surface area contributed by atoms with Gasteiger partial charge >= 0.3 is 0 Å². The molecule has 0 aliphatic heterocycles. The zero-order chi connectivity index (χ0) is 8.97. The van der Waals surface area contributed by atoms with Gasteiger partial charge in [0, 0.05) is 0 Å². The van der Waals surface area contributed by atoms with Crippen molar-refractivity contribution in [2.75, 3.05) is 0 Å². The van der Waals surface area contributed by atoms with Crippen molar-refractivity contribution in [3.8, 4) is 0 Å². The molecule has 1 aromatic rings. The van der Waals surface area contributed by atoms with Crippen LogP contribution in [-0.4, -0.2) is 0 Å². The first-order valence-electron chi connectivity index (χ1n) is 4.47. The molecule has 0 nitrogen and oxygen atoms in total.